The zero-order chi connectivity index (χ0) is 25.6. The Labute approximate surface area is 214 Å². The van der Waals surface area contributed by atoms with Gasteiger partial charge in [0.15, 0.2) is 0 Å². The maximum atomic E-state index is 13.8. The molecule has 1 spiro atoms. The van der Waals surface area contributed by atoms with Crippen LogP contribution in [0.1, 0.15) is 76.0 Å². The lowest BCUT2D eigenvalue weighted by atomic mass is 9.81. The Morgan fingerprint density at radius 1 is 1.11 bits per heavy atom. The van der Waals surface area contributed by atoms with Crippen molar-refractivity contribution < 1.29 is 9.53 Å². The van der Waals surface area contributed by atoms with Gasteiger partial charge in [-0.1, -0.05) is 38.1 Å². The van der Waals surface area contributed by atoms with Crippen molar-refractivity contribution in [3.05, 3.63) is 77.4 Å². The second-order valence-corrected chi connectivity index (χ2v) is 11.1. The number of imidazole rings is 1. The number of carbonyl (C=O) groups excluding carboxylic acids is 1. The fourth-order valence-corrected chi connectivity index (χ4v) is 5.80. The monoisotopic (exact) mass is 486 g/mol. The minimum Gasteiger partial charge on any atom is -0.491 e. The molecule has 0 saturated carbocycles. The minimum absolute atomic E-state index is 0.00850. The number of nitrogens with zero attached hydrogens (tertiary/aromatic N) is 4. The number of aryl methyl sites for hydroxylation is 1. The van der Waals surface area contributed by atoms with Crippen LogP contribution in [0.4, 0.5) is 10.5 Å². The number of anilines is 1. The summed E-state index contributed by atoms with van der Waals surface area (Å²) in [5.41, 5.74) is 3.89. The topological polar surface area (TPSA) is 50.6 Å². The zero-order valence-corrected chi connectivity index (χ0v) is 22.4. The standard InChI is InChI=1S/C30H38N4O2/c1-20(2)27-19-33-28(31-27)30(34(29(33)35)25-11-7-9-22(5)15-25)13-14-32(23(6)17-30)18-24-10-8-12-26(16-24)36-21(3)4/h7-12,15-16,19-21,23H,13-14,17-18H2,1-6H3/t23-,30+/m0/s1. The van der Waals surface area contributed by atoms with Gasteiger partial charge < -0.3 is 4.74 Å². The Bertz CT molecular complexity index is 1260. The summed E-state index contributed by atoms with van der Waals surface area (Å²) >= 11 is 0. The van der Waals surface area contributed by atoms with E-state index in [1.807, 2.05) is 27.8 Å². The SMILES string of the molecule is Cc1cccc(N2C(=O)n3cc(C(C)C)nc3[C@]23CCN(Cc2cccc(OC(C)C)c2)[C@@H](C)C3)c1. The van der Waals surface area contributed by atoms with Crippen LogP contribution in [0.3, 0.4) is 0 Å². The molecule has 3 heterocycles. The van der Waals surface area contributed by atoms with Crippen LogP contribution in [0.25, 0.3) is 0 Å². The summed E-state index contributed by atoms with van der Waals surface area (Å²) in [5.74, 6) is 2.09. The van der Waals surface area contributed by atoms with E-state index in [-0.39, 0.29) is 24.1 Å². The largest absolute Gasteiger partial charge is 0.491 e. The second kappa shape index (κ2) is 9.40. The highest BCUT2D eigenvalue weighted by Gasteiger charge is 2.55. The molecule has 0 N–H and O–H groups in total. The summed E-state index contributed by atoms with van der Waals surface area (Å²) in [7, 11) is 0. The quantitative estimate of drug-likeness (QED) is 0.401. The Morgan fingerprint density at radius 3 is 2.58 bits per heavy atom. The van der Waals surface area contributed by atoms with E-state index in [2.05, 4.69) is 82.8 Å². The number of aromatic nitrogens is 2. The van der Waals surface area contributed by atoms with E-state index < -0.39 is 5.54 Å². The smallest absolute Gasteiger partial charge is 0.335 e. The Balaban J connectivity index is 1.46. The normalized spacial score (nSPS) is 22.2. The van der Waals surface area contributed by atoms with Gasteiger partial charge in [0, 0.05) is 31.0 Å². The Morgan fingerprint density at radius 2 is 1.89 bits per heavy atom. The van der Waals surface area contributed by atoms with Crippen molar-refractivity contribution in [2.45, 2.75) is 84.5 Å². The maximum absolute atomic E-state index is 13.8. The van der Waals surface area contributed by atoms with Gasteiger partial charge in [-0.2, -0.15) is 0 Å². The summed E-state index contributed by atoms with van der Waals surface area (Å²) in [6.45, 7) is 14.5. The molecule has 0 aliphatic carbocycles. The van der Waals surface area contributed by atoms with E-state index in [1.54, 1.807) is 0 Å². The lowest BCUT2D eigenvalue weighted by molar-refractivity contribution is 0.0966. The molecule has 5 rings (SSSR count). The minimum atomic E-state index is -0.448. The van der Waals surface area contributed by atoms with Crippen molar-refractivity contribution in [3.8, 4) is 5.75 Å². The number of benzene rings is 2. The van der Waals surface area contributed by atoms with Crippen molar-refractivity contribution in [1.82, 2.24) is 14.5 Å². The fourth-order valence-electron chi connectivity index (χ4n) is 5.80. The number of carbonyl (C=O) groups is 1. The van der Waals surface area contributed by atoms with E-state index in [0.717, 1.165) is 54.4 Å². The molecule has 2 aliphatic rings. The second-order valence-electron chi connectivity index (χ2n) is 11.1. The van der Waals surface area contributed by atoms with Crippen LogP contribution >= 0.6 is 0 Å². The first-order chi connectivity index (χ1) is 17.2. The molecule has 36 heavy (non-hydrogen) atoms. The summed E-state index contributed by atoms with van der Waals surface area (Å²) in [6.07, 6.45) is 3.79. The third-order valence-corrected chi connectivity index (χ3v) is 7.54. The van der Waals surface area contributed by atoms with Gasteiger partial charge in [0.2, 0.25) is 0 Å². The number of ether oxygens (including phenoxy) is 1. The first-order valence-corrected chi connectivity index (χ1v) is 13.2. The van der Waals surface area contributed by atoms with Gasteiger partial charge in [-0.25, -0.2) is 9.78 Å². The lowest BCUT2D eigenvalue weighted by Gasteiger charge is -2.47. The molecule has 1 aromatic heterocycles. The van der Waals surface area contributed by atoms with Gasteiger partial charge in [-0.3, -0.25) is 14.4 Å². The highest BCUT2D eigenvalue weighted by molar-refractivity contribution is 5.99. The molecular weight excluding hydrogens is 448 g/mol. The number of fused-ring (bicyclic) bond motifs is 2. The summed E-state index contributed by atoms with van der Waals surface area (Å²) in [6, 6.07) is 17.0. The number of likely N-dealkylation sites (tertiary alicyclic amines) is 1. The highest BCUT2D eigenvalue weighted by atomic mass is 16.5. The van der Waals surface area contributed by atoms with Crippen molar-refractivity contribution in [2.24, 2.45) is 0 Å². The van der Waals surface area contributed by atoms with Crippen LogP contribution in [0, 0.1) is 6.92 Å². The molecule has 1 fully saturated rings. The fraction of sp³-hybridized carbons (Fsp3) is 0.467. The molecule has 0 radical (unpaired) electrons. The Hall–Kier alpha value is -3.12. The first kappa shape index (κ1) is 24.6. The van der Waals surface area contributed by atoms with Crippen LogP contribution in [0.15, 0.2) is 54.7 Å². The summed E-state index contributed by atoms with van der Waals surface area (Å²) in [4.78, 5) is 23.5. The third kappa shape index (κ3) is 4.32. The molecule has 0 unspecified atom stereocenters. The Kier molecular flexibility index (Phi) is 6.41. The maximum Gasteiger partial charge on any atom is 0.335 e. The predicted molar refractivity (Wildman–Crippen MR) is 144 cm³/mol. The molecule has 6 heteroatoms. The first-order valence-electron chi connectivity index (χ1n) is 13.2. The third-order valence-electron chi connectivity index (χ3n) is 7.54. The summed E-state index contributed by atoms with van der Waals surface area (Å²) < 4.78 is 7.73. The van der Waals surface area contributed by atoms with E-state index in [9.17, 15) is 4.79 Å². The molecule has 2 aromatic carbocycles. The van der Waals surface area contributed by atoms with Crippen LogP contribution < -0.4 is 9.64 Å². The van der Waals surface area contributed by atoms with Gasteiger partial charge >= 0.3 is 6.03 Å². The molecule has 2 atom stereocenters. The van der Waals surface area contributed by atoms with E-state index >= 15 is 0 Å². The van der Waals surface area contributed by atoms with Gasteiger partial charge in [0.25, 0.3) is 0 Å². The van der Waals surface area contributed by atoms with Crippen LogP contribution in [-0.2, 0) is 12.1 Å². The van der Waals surface area contributed by atoms with Crippen molar-refractivity contribution in [2.75, 3.05) is 11.4 Å². The van der Waals surface area contributed by atoms with E-state index in [1.165, 1.54) is 5.56 Å². The van der Waals surface area contributed by atoms with Gasteiger partial charge in [-0.15, -0.1) is 0 Å². The molecule has 2 aliphatic heterocycles. The molecule has 3 aromatic rings. The van der Waals surface area contributed by atoms with Crippen LogP contribution in [-0.4, -0.2) is 39.2 Å². The molecule has 6 nitrogen and oxygen atoms in total. The molecular formula is C30H38N4O2. The van der Waals surface area contributed by atoms with Crippen molar-refractivity contribution in [1.29, 1.82) is 0 Å². The van der Waals surface area contributed by atoms with E-state index in [4.69, 9.17) is 9.72 Å². The van der Waals surface area contributed by atoms with Gasteiger partial charge in [0.05, 0.1) is 11.8 Å². The zero-order valence-electron chi connectivity index (χ0n) is 22.4. The number of hydrogen-bond acceptors (Lipinski definition) is 4. The van der Waals surface area contributed by atoms with E-state index in [0.29, 0.717) is 0 Å². The average molecular weight is 487 g/mol. The molecule has 1 amide bonds. The number of hydrogen-bond donors (Lipinski definition) is 0. The number of rotatable bonds is 6. The average Bonchev–Trinajstić information content (AvgIpc) is 3.35. The molecule has 190 valence electrons. The highest BCUT2D eigenvalue weighted by Crippen LogP contribution is 2.48. The predicted octanol–water partition coefficient (Wildman–Crippen LogP) is 6.47. The lowest BCUT2D eigenvalue weighted by Crippen LogP contribution is -2.55. The number of amides is 1. The summed E-state index contributed by atoms with van der Waals surface area (Å²) in [5, 5.41) is 0. The molecule has 0 bridgehead atoms. The number of piperidine rings is 1. The molecule has 1 saturated heterocycles. The van der Waals surface area contributed by atoms with Crippen LogP contribution in [0.2, 0.25) is 0 Å². The van der Waals surface area contributed by atoms with Crippen molar-refractivity contribution >= 4 is 11.7 Å². The van der Waals surface area contributed by atoms with Crippen molar-refractivity contribution in [3.63, 3.8) is 0 Å². The van der Waals surface area contributed by atoms with Crippen LogP contribution in [0.5, 0.6) is 5.75 Å². The van der Waals surface area contributed by atoms with Gasteiger partial charge in [0.1, 0.15) is 17.1 Å². The van der Waals surface area contributed by atoms with Gasteiger partial charge in [-0.05, 0) is 81.8 Å².